The van der Waals surface area contributed by atoms with Crippen LogP contribution in [0.4, 0.5) is 0 Å². The van der Waals surface area contributed by atoms with Gasteiger partial charge in [-0.05, 0) is 30.4 Å². The topological polar surface area (TPSA) is 72.2 Å². The van der Waals surface area contributed by atoms with Gasteiger partial charge in [0, 0.05) is 12.5 Å². The van der Waals surface area contributed by atoms with E-state index in [0.29, 0.717) is 19.3 Å². The number of imide groups is 1. The Balaban J connectivity index is 1.96. The van der Waals surface area contributed by atoms with Crippen LogP contribution in [0.5, 0.6) is 0 Å². The lowest BCUT2D eigenvalue weighted by Crippen LogP contribution is -2.29. The Bertz CT molecular complexity index is 450. The van der Waals surface area contributed by atoms with Gasteiger partial charge in [-0.3, -0.25) is 14.9 Å². The van der Waals surface area contributed by atoms with Crippen molar-refractivity contribution in [3.8, 4) is 0 Å². The van der Waals surface area contributed by atoms with E-state index < -0.39 is 5.41 Å². The predicted molar refractivity (Wildman–Crippen MR) is 58.2 cm³/mol. The third-order valence-electron chi connectivity index (χ3n) is 3.76. The molecule has 2 aliphatic carbocycles. The minimum absolute atomic E-state index is 0.0639. The zero-order valence-corrected chi connectivity index (χ0v) is 8.95. The molecule has 4 heteroatoms. The van der Waals surface area contributed by atoms with Crippen LogP contribution in [0.15, 0.2) is 23.3 Å². The second kappa shape index (κ2) is 3.04. The highest BCUT2D eigenvalue weighted by molar-refractivity contribution is 6.06. The molecule has 3 aliphatic rings. The molecule has 4 nitrogen and oxygen atoms in total. The molecule has 1 aliphatic heterocycles. The second-order valence-electron chi connectivity index (χ2n) is 5.01. The van der Waals surface area contributed by atoms with Gasteiger partial charge in [0.25, 0.3) is 0 Å². The van der Waals surface area contributed by atoms with Gasteiger partial charge in [0.2, 0.25) is 11.8 Å². The number of fused-ring (bicyclic) bond motifs is 1. The van der Waals surface area contributed by atoms with E-state index >= 15 is 0 Å². The number of carbonyl (C=O) groups is 2. The van der Waals surface area contributed by atoms with Crippen molar-refractivity contribution in [3.05, 3.63) is 23.3 Å². The normalized spacial score (nSPS) is 37.2. The lowest BCUT2D eigenvalue weighted by atomic mass is 9.84. The highest BCUT2D eigenvalue weighted by atomic mass is 16.2. The summed E-state index contributed by atoms with van der Waals surface area (Å²) in [5.74, 6) is -0.253. The summed E-state index contributed by atoms with van der Waals surface area (Å²) in [5.41, 5.74) is 7.73. The van der Waals surface area contributed by atoms with Crippen LogP contribution >= 0.6 is 0 Å². The smallest absolute Gasteiger partial charge is 0.233 e. The molecule has 16 heavy (non-hydrogen) atoms. The predicted octanol–water partition coefficient (Wildman–Crippen LogP) is 0.397. The molecule has 3 rings (SSSR count). The maximum Gasteiger partial charge on any atom is 0.233 e. The summed E-state index contributed by atoms with van der Waals surface area (Å²) in [5, 5.41) is 2.41. The van der Waals surface area contributed by atoms with E-state index in [1.54, 1.807) is 0 Å². The minimum atomic E-state index is -0.501. The first-order valence-electron chi connectivity index (χ1n) is 5.59. The van der Waals surface area contributed by atoms with Gasteiger partial charge in [-0.25, -0.2) is 0 Å². The molecule has 1 saturated carbocycles. The molecular formula is C12H14N2O2. The van der Waals surface area contributed by atoms with Crippen molar-refractivity contribution < 1.29 is 9.59 Å². The Morgan fingerprint density at radius 3 is 2.69 bits per heavy atom. The van der Waals surface area contributed by atoms with Crippen LogP contribution in [0, 0.1) is 5.41 Å². The van der Waals surface area contributed by atoms with Gasteiger partial charge >= 0.3 is 0 Å². The number of hydrogen-bond acceptors (Lipinski definition) is 3. The van der Waals surface area contributed by atoms with Gasteiger partial charge in [0.1, 0.15) is 0 Å². The van der Waals surface area contributed by atoms with Crippen LogP contribution in [0.2, 0.25) is 0 Å². The van der Waals surface area contributed by atoms with E-state index in [0.717, 1.165) is 6.42 Å². The Kier molecular flexibility index (Phi) is 1.86. The fourth-order valence-corrected chi connectivity index (χ4v) is 2.97. The Morgan fingerprint density at radius 2 is 2.00 bits per heavy atom. The van der Waals surface area contributed by atoms with Crippen molar-refractivity contribution in [1.82, 2.24) is 5.32 Å². The van der Waals surface area contributed by atoms with E-state index in [1.807, 2.05) is 6.08 Å². The van der Waals surface area contributed by atoms with Crippen molar-refractivity contribution >= 4 is 11.8 Å². The monoisotopic (exact) mass is 218 g/mol. The molecule has 0 radical (unpaired) electrons. The SMILES string of the molecule is NC1C=C2CC3(CC(=O)NC3=O)CC2=CC1. The van der Waals surface area contributed by atoms with Gasteiger partial charge in [-0.2, -0.15) is 0 Å². The minimum Gasteiger partial charge on any atom is -0.324 e. The number of nitrogens with two attached hydrogens (primary N) is 1. The van der Waals surface area contributed by atoms with E-state index in [1.165, 1.54) is 11.1 Å². The molecular weight excluding hydrogens is 204 g/mol. The van der Waals surface area contributed by atoms with Crippen molar-refractivity contribution in [2.45, 2.75) is 31.7 Å². The number of amides is 2. The third kappa shape index (κ3) is 1.26. The van der Waals surface area contributed by atoms with Crippen LogP contribution in [0.25, 0.3) is 0 Å². The molecule has 2 fully saturated rings. The summed E-state index contributed by atoms with van der Waals surface area (Å²) in [4.78, 5) is 23.1. The van der Waals surface area contributed by atoms with E-state index in [4.69, 9.17) is 5.73 Å². The van der Waals surface area contributed by atoms with Gasteiger partial charge < -0.3 is 5.73 Å². The van der Waals surface area contributed by atoms with Crippen LogP contribution in [-0.2, 0) is 9.59 Å². The molecule has 0 aromatic rings. The molecule has 1 heterocycles. The number of carbonyl (C=O) groups excluding carboxylic acids is 2. The zero-order chi connectivity index (χ0) is 11.3. The fourth-order valence-electron chi connectivity index (χ4n) is 2.97. The summed E-state index contributed by atoms with van der Waals surface area (Å²) < 4.78 is 0. The van der Waals surface area contributed by atoms with Crippen LogP contribution in [0.1, 0.15) is 25.7 Å². The molecule has 2 amide bonds. The van der Waals surface area contributed by atoms with Gasteiger partial charge in [0.05, 0.1) is 5.41 Å². The fraction of sp³-hybridized carbons (Fsp3) is 0.500. The zero-order valence-electron chi connectivity index (χ0n) is 8.95. The Morgan fingerprint density at radius 1 is 1.25 bits per heavy atom. The molecule has 0 aromatic carbocycles. The van der Waals surface area contributed by atoms with Crippen molar-refractivity contribution in [3.63, 3.8) is 0 Å². The molecule has 0 aromatic heterocycles. The molecule has 2 unspecified atom stereocenters. The number of rotatable bonds is 0. The molecule has 2 atom stereocenters. The molecule has 0 bridgehead atoms. The van der Waals surface area contributed by atoms with Crippen molar-refractivity contribution in [1.29, 1.82) is 0 Å². The first-order valence-corrected chi connectivity index (χ1v) is 5.59. The molecule has 1 saturated heterocycles. The second-order valence-corrected chi connectivity index (χ2v) is 5.01. The Hall–Kier alpha value is -1.42. The van der Waals surface area contributed by atoms with Gasteiger partial charge in [-0.1, -0.05) is 12.2 Å². The maximum atomic E-state index is 11.8. The highest BCUT2D eigenvalue weighted by Gasteiger charge is 2.51. The average Bonchev–Trinajstić information content (AvgIpc) is 2.67. The molecule has 1 spiro atoms. The lowest BCUT2D eigenvalue weighted by Gasteiger charge is -2.15. The standard InChI is InChI=1S/C12H14N2O2/c13-9-2-1-7-4-12(5-8(7)3-9)6-10(15)14-11(12)16/h1,3,9H,2,4-6,13H2,(H,14,15,16). The first kappa shape index (κ1) is 9.78. The largest absolute Gasteiger partial charge is 0.324 e. The van der Waals surface area contributed by atoms with E-state index in [-0.39, 0.29) is 17.9 Å². The number of hydrogen-bond donors (Lipinski definition) is 2. The maximum absolute atomic E-state index is 11.8. The summed E-state index contributed by atoms with van der Waals surface area (Å²) in [6.45, 7) is 0. The average molecular weight is 218 g/mol. The van der Waals surface area contributed by atoms with Crippen molar-refractivity contribution in [2.24, 2.45) is 11.1 Å². The summed E-state index contributed by atoms with van der Waals surface area (Å²) in [6, 6.07) is 0.0639. The van der Waals surface area contributed by atoms with Crippen molar-refractivity contribution in [2.75, 3.05) is 0 Å². The van der Waals surface area contributed by atoms with E-state index in [2.05, 4.69) is 11.4 Å². The number of allylic oxidation sites excluding steroid dienone is 2. The summed E-state index contributed by atoms with van der Waals surface area (Å²) >= 11 is 0. The first-order chi connectivity index (χ1) is 7.59. The third-order valence-corrected chi connectivity index (χ3v) is 3.76. The van der Waals surface area contributed by atoms with Crippen LogP contribution < -0.4 is 11.1 Å². The lowest BCUT2D eigenvalue weighted by molar-refractivity contribution is -0.128. The summed E-state index contributed by atoms with van der Waals surface area (Å²) in [7, 11) is 0. The quantitative estimate of drug-likeness (QED) is 0.578. The summed E-state index contributed by atoms with van der Waals surface area (Å²) in [6.07, 6.45) is 6.69. The van der Waals surface area contributed by atoms with E-state index in [9.17, 15) is 9.59 Å². The molecule has 3 N–H and O–H groups in total. The highest BCUT2D eigenvalue weighted by Crippen LogP contribution is 2.50. The van der Waals surface area contributed by atoms with Gasteiger partial charge in [-0.15, -0.1) is 0 Å². The Labute approximate surface area is 93.6 Å². The van der Waals surface area contributed by atoms with Crippen LogP contribution in [0.3, 0.4) is 0 Å². The molecule has 84 valence electrons. The van der Waals surface area contributed by atoms with Crippen LogP contribution in [-0.4, -0.2) is 17.9 Å². The van der Waals surface area contributed by atoms with Gasteiger partial charge in [0.15, 0.2) is 0 Å². The number of nitrogens with one attached hydrogen (secondary N) is 1.